The van der Waals surface area contributed by atoms with Crippen LogP contribution in [0.4, 0.5) is 0 Å². The third-order valence-electron chi connectivity index (χ3n) is 4.64. The van der Waals surface area contributed by atoms with Gasteiger partial charge in [-0.1, -0.05) is 30.3 Å². The van der Waals surface area contributed by atoms with Gasteiger partial charge in [0.25, 0.3) is 5.91 Å². The zero-order chi connectivity index (χ0) is 22.0. The highest BCUT2D eigenvalue weighted by atomic mass is 32.2. The molecule has 1 atom stereocenters. The molecule has 158 valence electrons. The Morgan fingerprint density at radius 3 is 2.52 bits per heavy atom. The van der Waals surface area contributed by atoms with Gasteiger partial charge in [0, 0.05) is 17.1 Å². The Morgan fingerprint density at radius 2 is 1.84 bits per heavy atom. The number of primary sulfonamides is 1. The number of nitrogens with two attached hydrogens (primary N) is 1. The van der Waals surface area contributed by atoms with Crippen molar-refractivity contribution >= 4 is 27.3 Å². The van der Waals surface area contributed by atoms with E-state index in [1.54, 1.807) is 35.3 Å². The predicted octanol–water partition coefficient (Wildman–Crippen LogP) is 3.13. The Hall–Kier alpha value is -3.34. The minimum absolute atomic E-state index is 0.0231. The number of aromatic nitrogens is 3. The molecule has 0 bridgehead atoms. The molecule has 8 nitrogen and oxygen atoms in total. The van der Waals surface area contributed by atoms with E-state index in [1.807, 2.05) is 36.5 Å². The van der Waals surface area contributed by atoms with E-state index in [0.29, 0.717) is 10.7 Å². The van der Waals surface area contributed by atoms with Gasteiger partial charge in [0.1, 0.15) is 10.7 Å². The van der Waals surface area contributed by atoms with E-state index in [9.17, 15) is 13.2 Å². The molecule has 0 aliphatic rings. The van der Waals surface area contributed by atoms with E-state index >= 15 is 0 Å². The lowest BCUT2D eigenvalue weighted by molar-refractivity contribution is 0.0935. The highest BCUT2D eigenvalue weighted by molar-refractivity contribution is 7.89. The predicted molar refractivity (Wildman–Crippen MR) is 118 cm³/mol. The lowest BCUT2D eigenvalue weighted by Crippen LogP contribution is -2.27. The first-order valence-electron chi connectivity index (χ1n) is 9.31. The summed E-state index contributed by atoms with van der Waals surface area (Å²) in [5.74, 6) is -0.319. The van der Waals surface area contributed by atoms with E-state index < -0.39 is 10.0 Å². The van der Waals surface area contributed by atoms with Crippen LogP contribution in [-0.4, -0.2) is 29.1 Å². The Kier molecular flexibility index (Phi) is 5.68. The molecule has 0 spiro atoms. The highest BCUT2D eigenvalue weighted by Crippen LogP contribution is 2.25. The molecule has 0 aliphatic carbocycles. The Morgan fingerprint density at radius 1 is 1.13 bits per heavy atom. The number of rotatable bonds is 6. The van der Waals surface area contributed by atoms with E-state index in [2.05, 4.69) is 15.4 Å². The molecule has 2 heterocycles. The van der Waals surface area contributed by atoms with E-state index in [1.165, 1.54) is 23.5 Å². The van der Waals surface area contributed by atoms with Crippen molar-refractivity contribution in [1.29, 1.82) is 0 Å². The minimum Gasteiger partial charge on any atom is -0.344 e. The van der Waals surface area contributed by atoms with Gasteiger partial charge < -0.3 is 5.32 Å². The van der Waals surface area contributed by atoms with Gasteiger partial charge in [0.15, 0.2) is 0 Å². The van der Waals surface area contributed by atoms with E-state index in [4.69, 9.17) is 5.14 Å². The van der Waals surface area contributed by atoms with Gasteiger partial charge in [0.05, 0.1) is 22.8 Å². The van der Waals surface area contributed by atoms with Gasteiger partial charge in [-0.15, -0.1) is 11.3 Å². The lowest BCUT2D eigenvalue weighted by atomic mass is 10.1. The monoisotopic (exact) mass is 453 g/mol. The smallest absolute Gasteiger partial charge is 0.271 e. The second kappa shape index (κ2) is 8.42. The van der Waals surface area contributed by atoms with Crippen LogP contribution in [0, 0.1) is 0 Å². The summed E-state index contributed by atoms with van der Waals surface area (Å²) in [6, 6.07) is 15.4. The fourth-order valence-electron chi connectivity index (χ4n) is 2.97. The molecule has 0 saturated carbocycles. The average molecular weight is 454 g/mol. The zero-order valence-corrected chi connectivity index (χ0v) is 18.1. The maximum Gasteiger partial charge on any atom is 0.271 e. The van der Waals surface area contributed by atoms with Crippen LogP contribution in [0.25, 0.3) is 16.3 Å². The number of hydrogen-bond donors (Lipinski definition) is 2. The molecule has 1 amide bonds. The number of sulfonamides is 1. The molecule has 4 rings (SSSR count). The van der Waals surface area contributed by atoms with Crippen molar-refractivity contribution in [2.45, 2.75) is 17.9 Å². The molecular formula is C21H19N5O3S2. The zero-order valence-electron chi connectivity index (χ0n) is 16.5. The first-order chi connectivity index (χ1) is 14.8. The average Bonchev–Trinajstić information content (AvgIpc) is 3.44. The van der Waals surface area contributed by atoms with Crippen LogP contribution in [0.3, 0.4) is 0 Å². The normalized spacial score (nSPS) is 12.5. The fourth-order valence-corrected chi connectivity index (χ4v) is 4.26. The molecule has 1 unspecified atom stereocenters. The van der Waals surface area contributed by atoms with Gasteiger partial charge in [0.2, 0.25) is 10.0 Å². The number of para-hydroxylation sites is 1. The second-order valence-electron chi connectivity index (χ2n) is 6.86. The summed E-state index contributed by atoms with van der Waals surface area (Å²) >= 11 is 1.36. The number of nitrogens with zero attached hydrogens (tertiary/aromatic N) is 3. The molecule has 10 heteroatoms. The number of thiazole rings is 1. The maximum absolute atomic E-state index is 12.6. The summed E-state index contributed by atoms with van der Waals surface area (Å²) in [4.78, 5) is 17.1. The number of hydrogen-bond acceptors (Lipinski definition) is 6. The number of nitrogens with one attached hydrogen (secondary N) is 1. The molecule has 2 aromatic carbocycles. The standard InChI is InChI=1S/C21H19N5O3S2/c1-14(15-7-9-18(10-8-15)31(22,28)29)24-20(27)19-13-30-21(25-19)16-11-23-26(12-16)17-5-3-2-4-6-17/h2-14H,1H3,(H,24,27)(H2,22,28,29). The third-order valence-corrected chi connectivity index (χ3v) is 6.46. The molecule has 0 saturated heterocycles. The first kappa shape index (κ1) is 20.9. The van der Waals surface area contributed by atoms with Crippen LogP contribution in [0.1, 0.15) is 29.0 Å². The number of amides is 1. The van der Waals surface area contributed by atoms with Gasteiger partial charge >= 0.3 is 0 Å². The van der Waals surface area contributed by atoms with Gasteiger partial charge in [-0.25, -0.2) is 23.2 Å². The summed E-state index contributed by atoms with van der Waals surface area (Å²) in [5.41, 5.74) is 2.81. The second-order valence-corrected chi connectivity index (χ2v) is 9.28. The molecule has 2 aromatic heterocycles. The lowest BCUT2D eigenvalue weighted by Gasteiger charge is -2.13. The van der Waals surface area contributed by atoms with Crippen molar-refractivity contribution in [1.82, 2.24) is 20.1 Å². The van der Waals surface area contributed by atoms with Crippen LogP contribution in [0.5, 0.6) is 0 Å². The fraction of sp³-hybridized carbons (Fsp3) is 0.0952. The quantitative estimate of drug-likeness (QED) is 0.465. The molecule has 0 aliphatic heterocycles. The molecule has 0 radical (unpaired) electrons. The summed E-state index contributed by atoms with van der Waals surface area (Å²) in [6.07, 6.45) is 3.58. The van der Waals surface area contributed by atoms with Crippen molar-refractivity contribution in [2.24, 2.45) is 5.14 Å². The van der Waals surface area contributed by atoms with E-state index in [-0.39, 0.29) is 16.8 Å². The van der Waals surface area contributed by atoms with Crippen LogP contribution >= 0.6 is 11.3 Å². The van der Waals surface area contributed by atoms with Crippen LogP contribution in [0.2, 0.25) is 0 Å². The van der Waals surface area contributed by atoms with E-state index in [0.717, 1.165) is 16.8 Å². The minimum atomic E-state index is -3.75. The summed E-state index contributed by atoms with van der Waals surface area (Å²) in [5, 5.41) is 14.7. The highest BCUT2D eigenvalue weighted by Gasteiger charge is 2.17. The summed E-state index contributed by atoms with van der Waals surface area (Å²) < 4.78 is 24.5. The van der Waals surface area contributed by atoms with Gasteiger partial charge in [-0.2, -0.15) is 5.10 Å². The van der Waals surface area contributed by atoms with Crippen LogP contribution in [-0.2, 0) is 10.0 Å². The number of carbonyl (C=O) groups excluding carboxylic acids is 1. The molecular weight excluding hydrogens is 434 g/mol. The molecule has 4 aromatic rings. The van der Waals surface area contributed by atoms with Crippen LogP contribution < -0.4 is 10.5 Å². The Bertz CT molecular complexity index is 1310. The van der Waals surface area contributed by atoms with Gasteiger partial charge in [-0.05, 0) is 36.8 Å². The third kappa shape index (κ3) is 4.71. The molecule has 31 heavy (non-hydrogen) atoms. The Labute approximate surface area is 183 Å². The largest absolute Gasteiger partial charge is 0.344 e. The SMILES string of the molecule is CC(NC(=O)c1csc(-c2cnn(-c3ccccc3)c2)n1)c1ccc(S(N)(=O)=O)cc1. The summed E-state index contributed by atoms with van der Waals surface area (Å²) in [7, 11) is -3.75. The van der Waals surface area contributed by atoms with Crippen molar-refractivity contribution in [3.8, 4) is 16.3 Å². The first-order valence-corrected chi connectivity index (χ1v) is 11.7. The Balaban J connectivity index is 1.45. The number of benzene rings is 2. The number of carbonyl (C=O) groups is 1. The van der Waals surface area contributed by atoms with Crippen molar-refractivity contribution < 1.29 is 13.2 Å². The molecule has 0 fully saturated rings. The maximum atomic E-state index is 12.6. The van der Waals surface area contributed by atoms with Crippen molar-refractivity contribution in [3.63, 3.8) is 0 Å². The van der Waals surface area contributed by atoms with Crippen LogP contribution in [0.15, 0.2) is 77.3 Å². The topological polar surface area (TPSA) is 120 Å². The van der Waals surface area contributed by atoms with Crippen molar-refractivity contribution in [3.05, 3.63) is 83.6 Å². The molecule has 3 N–H and O–H groups in total. The summed E-state index contributed by atoms with van der Waals surface area (Å²) in [6.45, 7) is 1.81. The van der Waals surface area contributed by atoms with Crippen molar-refractivity contribution in [2.75, 3.05) is 0 Å². The van der Waals surface area contributed by atoms with Gasteiger partial charge in [-0.3, -0.25) is 4.79 Å².